The van der Waals surface area contributed by atoms with Crippen molar-refractivity contribution in [2.75, 3.05) is 25.9 Å². The molecule has 0 aliphatic carbocycles. The second-order valence-electron chi connectivity index (χ2n) is 4.89. The van der Waals surface area contributed by atoms with Crippen LogP contribution in [-0.4, -0.2) is 45.4 Å². The van der Waals surface area contributed by atoms with Crippen LogP contribution in [0.5, 0.6) is 0 Å². The lowest BCUT2D eigenvalue weighted by Gasteiger charge is -2.12. The van der Waals surface area contributed by atoms with Crippen LogP contribution in [-0.2, 0) is 29.4 Å². The number of hydrogen-bond donors (Lipinski definition) is 3. The average molecular weight is 473 g/mol. The van der Waals surface area contributed by atoms with Crippen LogP contribution in [0.25, 0.3) is 0 Å². The van der Waals surface area contributed by atoms with Gasteiger partial charge in [0.15, 0.2) is 5.96 Å². The minimum absolute atomic E-state index is 0. The molecule has 0 amide bonds. The lowest BCUT2D eigenvalue weighted by Crippen LogP contribution is -2.41. The van der Waals surface area contributed by atoms with E-state index < -0.39 is 10.0 Å². The lowest BCUT2D eigenvalue weighted by molar-refractivity contribution is 0.380. The van der Waals surface area contributed by atoms with Gasteiger partial charge in [-0.25, -0.2) is 13.1 Å². The first-order chi connectivity index (χ1) is 11.0. The molecule has 8 nitrogen and oxygen atoms in total. The molecule has 1 rings (SSSR count). The van der Waals surface area contributed by atoms with Gasteiger partial charge in [0.25, 0.3) is 0 Å². The number of nitrogens with one attached hydrogen (secondary N) is 3. The number of nitrogens with zero attached hydrogens (tertiary/aromatic N) is 2. The number of halogens is 1. The Morgan fingerprint density at radius 2 is 1.88 bits per heavy atom. The van der Waals surface area contributed by atoms with Gasteiger partial charge in [-0.3, -0.25) is 4.99 Å². The summed E-state index contributed by atoms with van der Waals surface area (Å²) in [6.07, 6.45) is 1.60. The third-order valence-corrected chi connectivity index (χ3v) is 4.79. The Bertz CT molecular complexity index is 594. The summed E-state index contributed by atoms with van der Waals surface area (Å²) < 4.78 is 30.5. The summed E-state index contributed by atoms with van der Waals surface area (Å²) in [6.45, 7) is 6.99. The number of hydrogen-bond acceptors (Lipinski definition) is 5. The molecular formula is C14H28IN5O3S. The quantitative estimate of drug-likeness (QED) is 0.214. The van der Waals surface area contributed by atoms with Gasteiger partial charge in [-0.15, -0.1) is 24.0 Å². The van der Waals surface area contributed by atoms with E-state index in [1.807, 2.05) is 13.8 Å². The molecule has 0 aromatic carbocycles. The zero-order valence-corrected chi connectivity index (χ0v) is 17.8. The highest BCUT2D eigenvalue weighted by molar-refractivity contribution is 14.0. The van der Waals surface area contributed by atoms with Gasteiger partial charge < -0.3 is 15.2 Å². The summed E-state index contributed by atoms with van der Waals surface area (Å²) in [5.41, 5.74) is 2.00. The molecule has 1 heterocycles. The highest BCUT2D eigenvalue weighted by Gasteiger charge is 2.13. The van der Waals surface area contributed by atoms with Crippen molar-refractivity contribution in [1.82, 2.24) is 20.5 Å². The van der Waals surface area contributed by atoms with Crippen molar-refractivity contribution in [1.29, 1.82) is 0 Å². The van der Waals surface area contributed by atoms with E-state index in [1.54, 1.807) is 14.0 Å². The summed E-state index contributed by atoms with van der Waals surface area (Å²) in [5.74, 6) is 1.55. The molecule has 0 spiro atoms. The Kier molecular flexibility index (Phi) is 11.2. The maximum Gasteiger partial charge on any atom is 0.211 e. The van der Waals surface area contributed by atoms with Crippen molar-refractivity contribution in [2.24, 2.45) is 4.99 Å². The van der Waals surface area contributed by atoms with Crippen molar-refractivity contribution >= 4 is 40.0 Å². The van der Waals surface area contributed by atoms with Gasteiger partial charge >= 0.3 is 0 Å². The molecule has 1 aromatic heterocycles. The number of aromatic nitrogens is 1. The van der Waals surface area contributed by atoms with Gasteiger partial charge in [-0.1, -0.05) is 19.0 Å². The van der Waals surface area contributed by atoms with Crippen LogP contribution >= 0.6 is 24.0 Å². The number of guanidine groups is 1. The summed E-state index contributed by atoms with van der Waals surface area (Å²) in [6, 6.07) is 0. The number of aliphatic imine (C=N–C) groups is 1. The minimum atomic E-state index is -3.16. The fraction of sp³-hybridized carbons (Fsp3) is 0.714. The van der Waals surface area contributed by atoms with Crippen LogP contribution < -0.4 is 15.4 Å². The highest BCUT2D eigenvalue weighted by Crippen LogP contribution is 2.15. The Morgan fingerprint density at radius 3 is 2.42 bits per heavy atom. The molecule has 0 saturated carbocycles. The van der Waals surface area contributed by atoms with E-state index in [0.29, 0.717) is 25.6 Å². The Morgan fingerprint density at radius 1 is 1.17 bits per heavy atom. The van der Waals surface area contributed by atoms with E-state index in [1.165, 1.54) is 0 Å². The molecule has 0 fully saturated rings. The zero-order chi connectivity index (χ0) is 17.3. The first-order valence-electron chi connectivity index (χ1n) is 7.85. The van der Waals surface area contributed by atoms with Crippen LogP contribution in [0.1, 0.15) is 37.8 Å². The van der Waals surface area contributed by atoms with Crippen molar-refractivity contribution in [2.45, 2.75) is 40.2 Å². The molecule has 0 aliphatic heterocycles. The fourth-order valence-corrected chi connectivity index (χ4v) is 2.64. The summed E-state index contributed by atoms with van der Waals surface area (Å²) >= 11 is 0. The van der Waals surface area contributed by atoms with Gasteiger partial charge in [-0.05, 0) is 13.3 Å². The molecule has 10 heteroatoms. The number of sulfonamides is 1. The second kappa shape index (κ2) is 11.6. The molecule has 0 radical (unpaired) electrons. The second-order valence-corrected chi connectivity index (χ2v) is 6.98. The van der Waals surface area contributed by atoms with Crippen LogP contribution in [0.3, 0.4) is 0 Å². The molecule has 0 unspecified atom stereocenters. The highest BCUT2D eigenvalue weighted by atomic mass is 127. The number of rotatable bonds is 9. The van der Waals surface area contributed by atoms with E-state index in [0.717, 1.165) is 29.9 Å². The molecule has 140 valence electrons. The third-order valence-electron chi connectivity index (χ3n) is 3.38. The van der Waals surface area contributed by atoms with E-state index in [2.05, 4.69) is 25.5 Å². The molecule has 0 bridgehead atoms. The largest absolute Gasteiger partial charge is 0.361 e. The van der Waals surface area contributed by atoms with Crippen molar-refractivity contribution in [3.05, 3.63) is 17.0 Å². The molecule has 0 atom stereocenters. The molecule has 0 aliphatic rings. The Hall–Kier alpha value is -0.880. The topological polar surface area (TPSA) is 109 Å². The Balaban J connectivity index is 0.00000529. The van der Waals surface area contributed by atoms with Crippen molar-refractivity contribution < 1.29 is 12.9 Å². The number of aryl methyl sites for hydroxylation is 2. The Labute approximate surface area is 161 Å². The molecule has 0 saturated heterocycles. The van der Waals surface area contributed by atoms with E-state index in [-0.39, 0.29) is 29.7 Å². The standard InChI is InChI=1S/C14H27N5O3S.HI/c1-5-12-11(13(6-2)22-19-12)10-17-14(15-4)16-8-9-18-23(20,21)7-3;/h18H,5-10H2,1-4H3,(H2,15,16,17);1H. The summed E-state index contributed by atoms with van der Waals surface area (Å²) in [5, 5.41) is 10.3. The smallest absolute Gasteiger partial charge is 0.211 e. The monoisotopic (exact) mass is 473 g/mol. The molecule has 3 N–H and O–H groups in total. The molecule has 24 heavy (non-hydrogen) atoms. The lowest BCUT2D eigenvalue weighted by atomic mass is 10.1. The van der Waals surface area contributed by atoms with Gasteiger partial charge in [0.1, 0.15) is 5.76 Å². The van der Waals surface area contributed by atoms with E-state index >= 15 is 0 Å². The first-order valence-corrected chi connectivity index (χ1v) is 9.50. The van der Waals surface area contributed by atoms with Crippen LogP contribution in [0.4, 0.5) is 0 Å². The van der Waals surface area contributed by atoms with Crippen LogP contribution in [0.15, 0.2) is 9.52 Å². The van der Waals surface area contributed by atoms with Gasteiger partial charge in [0.05, 0.1) is 11.4 Å². The normalized spacial score (nSPS) is 11.9. The zero-order valence-electron chi connectivity index (χ0n) is 14.7. The summed E-state index contributed by atoms with van der Waals surface area (Å²) in [7, 11) is -1.49. The molecule has 1 aromatic rings. The third kappa shape index (κ3) is 7.34. The maximum absolute atomic E-state index is 11.3. The van der Waals surface area contributed by atoms with Gasteiger partial charge in [0, 0.05) is 38.7 Å². The first kappa shape index (κ1) is 23.1. The van der Waals surface area contributed by atoms with E-state index in [9.17, 15) is 8.42 Å². The summed E-state index contributed by atoms with van der Waals surface area (Å²) in [4.78, 5) is 4.12. The predicted octanol–water partition coefficient (Wildman–Crippen LogP) is 1.02. The van der Waals surface area contributed by atoms with Gasteiger partial charge in [0.2, 0.25) is 10.0 Å². The molecular weight excluding hydrogens is 445 g/mol. The van der Waals surface area contributed by atoms with Gasteiger partial charge in [-0.2, -0.15) is 0 Å². The predicted molar refractivity (Wildman–Crippen MR) is 106 cm³/mol. The minimum Gasteiger partial charge on any atom is -0.361 e. The van der Waals surface area contributed by atoms with Crippen molar-refractivity contribution in [3.63, 3.8) is 0 Å². The van der Waals surface area contributed by atoms with Crippen molar-refractivity contribution in [3.8, 4) is 0 Å². The van der Waals surface area contributed by atoms with Crippen LogP contribution in [0.2, 0.25) is 0 Å². The van der Waals surface area contributed by atoms with E-state index in [4.69, 9.17) is 4.52 Å². The SMILES string of the molecule is CCc1noc(CC)c1CNC(=NC)NCCNS(=O)(=O)CC.I. The average Bonchev–Trinajstić information content (AvgIpc) is 2.96. The fourth-order valence-electron chi connectivity index (χ4n) is 2.02. The van der Waals surface area contributed by atoms with Crippen LogP contribution in [0, 0.1) is 0 Å². The maximum atomic E-state index is 11.3.